The molecule has 6 nitrogen and oxygen atoms in total. The van der Waals surface area contributed by atoms with Crippen molar-refractivity contribution in [2.24, 2.45) is 5.92 Å². The molecule has 0 aromatic heterocycles. The van der Waals surface area contributed by atoms with Crippen LogP contribution in [0.4, 0.5) is 4.79 Å². The van der Waals surface area contributed by atoms with Crippen LogP contribution in [-0.4, -0.2) is 48.1 Å². The number of rotatable bonds is 7. The normalized spacial score (nSPS) is 21.7. The zero-order valence-corrected chi connectivity index (χ0v) is 17.3. The van der Waals surface area contributed by atoms with Gasteiger partial charge in [-0.3, -0.25) is 4.79 Å². The third kappa shape index (κ3) is 5.30. The molecule has 3 aliphatic rings. The fraction of sp³-hybridized carbons (Fsp3) is 0.652. The number of hydrogen-bond donors (Lipinski definition) is 3. The highest BCUT2D eigenvalue weighted by atomic mass is 16.2. The molecule has 1 heterocycles. The van der Waals surface area contributed by atoms with E-state index in [2.05, 4.69) is 16.0 Å². The SMILES string of the molecule is O=C(NCc1ccccc1)NC1(C(=O)N2CCC(NCC3CC3)CC2)CCCC1. The van der Waals surface area contributed by atoms with Crippen LogP contribution in [0.2, 0.25) is 0 Å². The molecule has 0 atom stereocenters. The first-order chi connectivity index (χ1) is 14.1. The van der Waals surface area contributed by atoms with Crippen molar-refractivity contribution >= 4 is 11.9 Å². The number of nitrogens with zero attached hydrogens (tertiary/aromatic N) is 1. The maximum atomic E-state index is 13.4. The molecule has 0 radical (unpaired) electrons. The Morgan fingerprint density at radius 3 is 2.34 bits per heavy atom. The van der Waals surface area contributed by atoms with E-state index in [4.69, 9.17) is 0 Å². The Labute approximate surface area is 173 Å². The maximum Gasteiger partial charge on any atom is 0.315 e. The predicted octanol–water partition coefficient (Wildman–Crippen LogP) is 2.79. The van der Waals surface area contributed by atoms with Gasteiger partial charge >= 0.3 is 6.03 Å². The molecule has 2 saturated carbocycles. The van der Waals surface area contributed by atoms with Crippen LogP contribution >= 0.6 is 0 Å². The summed E-state index contributed by atoms with van der Waals surface area (Å²) in [5.74, 6) is 1.00. The summed E-state index contributed by atoms with van der Waals surface area (Å²) < 4.78 is 0. The summed E-state index contributed by atoms with van der Waals surface area (Å²) in [6.45, 7) is 3.17. The Hall–Kier alpha value is -2.08. The van der Waals surface area contributed by atoms with Crippen LogP contribution in [0, 0.1) is 5.92 Å². The van der Waals surface area contributed by atoms with Crippen molar-refractivity contribution in [3.63, 3.8) is 0 Å². The van der Waals surface area contributed by atoms with Crippen LogP contribution in [0.3, 0.4) is 0 Å². The van der Waals surface area contributed by atoms with E-state index in [0.717, 1.165) is 69.6 Å². The molecule has 29 heavy (non-hydrogen) atoms. The molecular formula is C23H34N4O2. The first-order valence-corrected chi connectivity index (χ1v) is 11.3. The number of carbonyl (C=O) groups is 2. The fourth-order valence-electron chi connectivity index (χ4n) is 4.66. The summed E-state index contributed by atoms with van der Waals surface area (Å²) >= 11 is 0. The van der Waals surface area contributed by atoms with Crippen molar-refractivity contribution < 1.29 is 9.59 Å². The molecule has 1 aromatic rings. The third-order valence-electron chi connectivity index (χ3n) is 6.69. The molecule has 6 heteroatoms. The van der Waals surface area contributed by atoms with E-state index < -0.39 is 5.54 Å². The summed E-state index contributed by atoms with van der Waals surface area (Å²) in [7, 11) is 0. The number of likely N-dealkylation sites (tertiary alicyclic amines) is 1. The zero-order valence-electron chi connectivity index (χ0n) is 17.3. The van der Waals surface area contributed by atoms with Crippen LogP contribution in [0.15, 0.2) is 30.3 Å². The number of piperidine rings is 1. The van der Waals surface area contributed by atoms with Gasteiger partial charge in [0.15, 0.2) is 0 Å². The van der Waals surface area contributed by atoms with Crippen LogP contribution in [0.5, 0.6) is 0 Å². The highest BCUT2D eigenvalue weighted by Gasteiger charge is 2.45. The van der Waals surface area contributed by atoms with Gasteiger partial charge in [0, 0.05) is 25.7 Å². The van der Waals surface area contributed by atoms with Gasteiger partial charge in [-0.1, -0.05) is 43.2 Å². The first-order valence-electron chi connectivity index (χ1n) is 11.3. The van der Waals surface area contributed by atoms with Crippen LogP contribution in [0.1, 0.15) is 56.9 Å². The predicted molar refractivity (Wildman–Crippen MR) is 113 cm³/mol. The quantitative estimate of drug-likeness (QED) is 0.661. The molecular weight excluding hydrogens is 364 g/mol. The molecule has 0 spiro atoms. The molecule has 1 aromatic carbocycles. The molecule has 1 aliphatic heterocycles. The van der Waals surface area contributed by atoms with Gasteiger partial charge in [0.05, 0.1) is 0 Å². The Kier molecular flexibility index (Phi) is 6.38. The lowest BCUT2D eigenvalue weighted by atomic mass is 9.93. The summed E-state index contributed by atoms with van der Waals surface area (Å²) in [5, 5.41) is 9.65. The van der Waals surface area contributed by atoms with Crippen molar-refractivity contribution in [3.8, 4) is 0 Å². The number of benzene rings is 1. The monoisotopic (exact) mass is 398 g/mol. The maximum absolute atomic E-state index is 13.4. The van der Waals surface area contributed by atoms with Gasteiger partial charge in [-0.15, -0.1) is 0 Å². The minimum atomic E-state index is -0.727. The summed E-state index contributed by atoms with van der Waals surface area (Å²) in [5.41, 5.74) is 0.324. The smallest absolute Gasteiger partial charge is 0.315 e. The van der Waals surface area contributed by atoms with Crippen molar-refractivity contribution in [2.75, 3.05) is 19.6 Å². The van der Waals surface area contributed by atoms with Gasteiger partial charge in [-0.05, 0) is 56.6 Å². The molecule has 158 valence electrons. The molecule has 3 amide bonds. The minimum absolute atomic E-state index is 0.116. The molecule has 0 bridgehead atoms. The topological polar surface area (TPSA) is 73.5 Å². The Balaban J connectivity index is 1.29. The van der Waals surface area contributed by atoms with Crippen molar-refractivity contribution in [3.05, 3.63) is 35.9 Å². The lowest BCUT2D eigenvalue weighted by Crippen LogP contribution is -2.61. The standard InChI is InChI=1S/C23H34N4O2/c28-21(27-14-10-20(11-15-27)24-16-19-8-9-19)23(12-4-5-13-23)26-22(29)25-17-18-6-2-1-3-7-18/h1-3,6-7,19-20,24H,4-5,8-17H2,(H2,25,26,29). The summed E-state index contributed by atoms with van der Waals surface area (Å²) in [6, 6.07) is 10.1. The lowest BCUT2D eigenvalue weighted by Gasteiger charge is -2.39. The van der Waals surface area contributed by atoms with E-state index in [1.54, 1.807) is 0 Å². The Morgan fingerprint density at radius 1 is 1.00 bits per heavy atom. The van der Waals surface area contributed by atoms with Gasteiger partial charge < -0.3 is 20.9 Å². The van der Waals surface area contributed by atoms with Gasteiger partial charge in [-0.2, -0.15) is 0 Å². The average Bonchev–Trinajstić information content (AvgIpc) is 3.48. The van der Waals surface area contributed by atoms with Gasteiger partial charge in [0.1, 0.15) is 5.54 Å². The third-order valence-corrected chi connectivity index (χ3v) is 6.69. The van der Waals surface area contributed by atoms with Crippen molar-refractivity contribution in [2.45, 2.75) is 69.5 Å². The zero-order chi connectivity index (χ0) is 20.1. The van der Waals surface area contributed by atoms with E-state index in [0.29, 0.717) is 12.6 Å². The fourth-order valence-corrected chi connectivity index (χ4v) is 4.66. The Bertz CT molecular complexity index is 690. The van der Waals surface area contributed by atoms with E-state index in [1.807, 2.05) is 35.2 Å². The number of amides is 3. The second-order valence-electron chi connectivity index (χ2n) is 9.00. The number of hydrogen-bond acceptors (Lipinski definition) is 3. The lowest BCUT2D eigenvalue weighted by molar-refractivity contribution is -0.139. The first kappa shape index (κ1) is 20.2. The second kappa shape index (κ2) is 9.16. The molecule has 2 aliphatic carbocycles. The summed E-state index contributed by atoms with van der Waals surface area (Å²) in [4.78, 5) is 27.9. The van der Waals surface area contributed by atoms with Gasteiger partial charge in [-0.25, -0.2) is 4.79 Å². The van der Waals surface area contributed by atoms with Crippen LogP contribution in [-0.2, 0) is 11.3 Å². The van der Waals surface area contributed by atoms with E-state index in [9.17, 15) is 9.59 Å². The second-order valence-corrected chi connectivity index (χ2v) is 9.00. The summed E-state index contributed by atoms with van der Waals surface area (Å²) in [6.07, 6.45) is 8.21. The largest absolute Gasteiger partial charge is 0.341 e. The molecule has 4 rings (SSSR count). The Morgan fingerprint density at radius 2 is 1.69 bits per heavy atom. The van der Waals surface area contributed by atoms with E-state index in [-0.39, 0.29) is 11.9 Å². The number of carbonyl (C=O) groups excluding carboxylic acids is 2. The molecule has 0 unspecified atom stereocenters. The molecule has 1 saturated heterocycles. The highest BCUT2D eigenvalue weighted by Crippen LogP contribution is 2.33. The van der Waals surface area contributed by atoms with E-state index >= 15 is 0 Å². The molecule has 3 N–H and O–H groups in total. The highest BCUT2D eigenvalue weighted by molar-refractivity contribution is 5.91. The van der Waals surface area contributed by atoms with Gasteiger partial charge in [0.2, 0.25) is 5.91 Å². The van der Waals surface area contributed by atoms with Crippen LogP contribution in [0.25, 0.3) is 0 Å². The number of nitrogens with one attached hydrogen (secondary N) is 3. The average molecular weight is 399 g/mol. The molecule has 3 fully saturated rings. The van der Waals surface area contributed by atoms with Crippen molar-refractivity contribution in [1.82, 2.24) is 20.9 Å². The van der Waals surface area contributed by atoms with E-state index in [1.165, 1.54) is 12.8 Å². The van der Waals surface area contributed by atoms with Crippen LogP contribution < -0.4 is 16.0 Å². The van der Waals surface area contributed by atoms with Crippen molar-refractivity contribution in [1.29, 1.82) is 0 Å². The van der Waals surface area contributed by atoms with Gasteiger partial charge in [0.25, 0.3) is 0 Å². The minimum Gasteiger partial charge on any atom is -0.341 e. The number of urea groups is 1.